The Morgan fingerprint density at radius 3 is 2.90 bits per heavy atom. The number of carbonyl (C=O) groups is 1. The topological polar surface area (TPSA) is 49.6 Å². The maximum absolute atomic E-state index is 11.7. The predicted molar refractivity (Wildman–Crippen MR) is 79.6 cm³/mol. The van der Waals surface area contributed by atoms with E-state index in [0.29, 0.717) is 24.9 Å². The lowest BCUT2D eigenvalue weighted by molar-refractivity contribution is -0.131. The summed E-state index contributed by atoms with van der Waals surface area (Å²) in [6.45, 7) is 3.13. The molecule has 0 bridgehead atoms. The first-order valence-electron chi connectivity index (χ1n) is 7.18. The number of amides is 1. The molecule has 2 fully saturated rings. The number of carbonyl (C=O) groups excluding carboxylic acids is 1. The average molecular weight is 294 g/mol. The van der Waals surface area contributed by atoms with Crippen LogP contribution in [0.1, 0.15) is 24.4 Å². The van der Waals surface area contributed by atoms with Gasteiger partial charge in [0, 0.05) is 49.7 Å². The van der Waals surface area contributed by atoms with E-state index < -0.39 is 0 Å². The van der Waals surface area contributed by atoms with E-state index in [-0.39, 0.29) is 6.04 Å². The van der Waals surface area contributed by atoms with Crippen molar-refractivity contribution in [1.29, 1.82) is 0 Å². The molecule has 1 aromatic carbocycles. The highest BCUT2D eigenvalue weighted by atomic mass is 35.5. The zero-order valence-corrected chi connectivity index (χ0v) is 12.2. The summed E-state index contributed by atoms with van der Waals surface area (Å²) in [5.41, 5.74) is 7.08. The molecule has 0 spiro atoms. The maximum Gasteiger partial charge on any atom is 0.222 e. The first kappa shape index (κ1) is 13.9. The molecule has 0 radical (unpaired) electrons. The molecule has 0 aliphatic carbocycles. The van der Waals surface area contributed by atoms with Crippen LogP contribution < -0.4 is 5.73 Å². The van der Waals surface area contributed by atoms with E-state index in [1.54, 1.807) is 0 Å². The quantitative estimate of drug-likeness (QED) is 0.922. The minimum absolute atomic E-state index is 0.140. The summed E-state index contributed by atoms with van der Waals surface area (Å²) < 4.78 is 0. The van der Waals surface area contributed by atoms with Gasteiger partial charge in [0.2, 0.25) is 5.91 Å². The predicted octanol–water partition coefficient (Wildman–Crippen LogP) is 1.65. The zero-order valence-electron chi connectivity index (χ0n) is 11.5. The molecule has 20 heavy (non-hydrogen) atoms. The van der Waals surface area contributed by atoms with Crippen molar-refractivity contribution in [2.75, 3.05) is 26.2 Å². The van der Waals surface area contributed by atoms with Crippen LogP contribution >= 0.6 is 11.6 Å². The number of hydrogen-bond acceptors (Lipinski definition) is 3. The smallest absolute Gasteiger partial charge is 0.222 e. The van der Waals surface area contributed by atoms with Crippen molar-refractivity contribution < 1.29 is 4.79 Å². The summed E-state index contributed by atoms with van der Waals surface area (Å²) >= 11 is 6.30. The third-order valence-electron chi connectivity index (χ3n) is 4.45. The number of piperazine rings is 1. The van der Waals surface area contributed by atoms with E-state index >= 15 is 0 Å². The van der Waals surface area contributed by atoms with Gasteiger partial charge in [0.15, 0.2) is 0 Å². The standard InChI is InChI=1S/C15H20ClN3O/c16-13-4-2-1-3-12(13)14(9-17)18-7-8-19-11(10-18)5-6-15(19)20/h1-4,11,14H,5-10,17H2. The van der Waals surface area contributed by atoms with Crippen LogP contribution in [0, 0.1) is 0 Å². The lowest BCUT2D eigenvalue weighted by Gasteiger charge is -2.41. The van der Waals surface area contributed by atoms with Gasteiger partial charge in [0.1, 0.15) is 0 Å². The molecular weight excluding hydrogens is 274 g/mol. The SMILES string of the molecule is NCC(c1ccccc1Cl)N1CCN2C(=O)CCC2C1. The van der Waals surface area contributed by atoms with E-state index in [4.69, 9.17) is 17.3 Å². The van der Waals surface area contributed by atoms with Gasteiger partial charge in [-0.25, -0.2) is 0 Å². The highest BCUT2D eigenvalue weighted by Gasteiger charge is 2.37. The zero-order chi connectivity index (χ0) is 14.1. The van der Waals surface area contributed by atoms with Crippen molar-refractivity contribution in [3.05, 3.63) is 34.9 Å². The number of benzene rings is 1. The Morgan fingerprint density at radius 2 is 2.15 bits per heavy atom. The fourth-order valence-corrected chi connectivity index (χ4v) is 3.65. The Morgan fingerprint density at radius 1 is 1.35 bits per heavy atom. The van der Waals surface area contributed by atoms with Crippen molar-refractivity contribution in [3.63, 3.8) is 0 Å². The normalized spacial score (nSPS) is 24.8. The summed E-state index contributed by atoms with van der Waals surface area (Å²) in [7, 11) is 0. The van der Waals surface area contributed by atoms with E-state index in [0.717, 1.165) is 36.6 Å². The summed E-state index contributed by atoms with van der Waals surface area (Å²) in [5.74, 6) is 0.302. The van der Waals surface area contributed by atoms with Crippen molar-refractivity contribution in [2.24, 2.45) is 5.73 Å². The fourth-order valence-electron chi connectivity index (χ4n) is 3.39. The van der Waals surface area contributed by atoms with Gasteiger partial charge in [0.05, 0.1) is 0 Å². The maximum atomic E-state index is 11.7. The molecule has 2 unspecified atom stereocenters. The first-order valence-corrected chi connectivity index (χ1v) is 7.56. The van der Waals surface area contributed by atoms with Gasteiger partial charge in [-0.3, -0.25) is 9.69 Å². The monoisotopic (exact) mass is 293 g/mol. The Bertz CT molecular complexity index is 508. The third-order valence-corrected chi connectivity index (χ3v) is 4.80. The molecule has 2 aliphatic rings. The van der Waals surface area contributed by atoms with Crippen molar-refractivity contribution in [2.45, 2.75) is 24.9 Å². The van der Waals surface area contributed by atoms with E-state index in [9.17, 15) is 4.79 Å². The van der Waals surface area contributed by atoms with Crippen LogP contribution in [0.4, 0.5) is 0 Å². The molecule has 0 saturated carbocycles. The van der Waals surface area contributed by atoms with E-state index in [1.807, 2.05) is 29.2 Å². The molecule has 2 atom stereocenters. The average Bonchev–Trinajstić information content (AvgIpc) is 2.83. The van der Waals surface area contributed by atoms with Crippen LogP contribution in [-0.2, 0) is 4.79 Å². The molecule has 108 valence electrons. The van der Waals surface area contributed by atoms with Crippen LogP contribution in [0.5, 0.6) is 0 Å². The summed E-state index contributed by atoms with van der Waals surface area (Å²) in [4.78, 5) is 16.1. The molecule has 0 aromatic heterocycles. The van der Waals surface area contributed by atoms with Gasteiger partial charge in [-0.1, -0.05) is 29.8 Å². The molecular formula is C15H20ClN3O. The first-order chi connectivity index (χ1) is 9.70. The van der Waals surface area contributed by atoms with E-state index in [1.165, 1.54) is 0 Å². The van der Waals surface area contributed by atoms with Crippen molar-refractivity contribution in [3.8, 4) is 0 Å². The number of fused-ring (bicyclic) bond motifs is 1. The van der Waals surface area contributed by atoms with Gasteiger partial charge < -0.3 is 10.6 Å². The molecule has 2 saturated heterocycles. The molecule has 2 heterocycles. The highest BCUT2D eigenvalue weighted by Crippen LogP contribution is 2.31. The molecule has 1 amide bonds. The lowest BCUT2D eigenvalue weighted by atomic mass is 10.0. The van der Waals surface area contributed by atoms with Gasteiger partial charge >= 0.3 is 0 Å². The second-order valence-electron chi connectivity index (χ2n) is 5.55. The number of hydrogen-bond donors (Lipinski definition) is 1. The van der Waals surface area contributed by atoms with Crippen LogP contribution in [-0.4, -0.2) is 47.9 Å². The van der Waals surface area contributed by atoms with Crippen LogP contribution in [0.2, 0.25) is 5.02 Å². The Hall–Kier alpha value is -1.10. The van der Waals surface area contributed by atoms with Crippen LogP contribution in [0.15, 0.2) is 24.3 Å². The van der Waals surface area contributed by atoms with E-state index in [2.05, 4.69) is 4.90 Å². The molecule has 2 N–H and O–H groups in total. The molecule has 1 aromatic rings. The number of nitrogens with two attached hydrogens (primary N) is 1. The van der Waals surface area contributed by atoms with Crippen LogP contribution in [0.3, 0.4) is 0 Å². The Balaban J connectivity index is 1.78. The lowest BCUT2D eigenvalue weighted by Crippen LogP contribution is -2.53. The van der Waals surface area contributed by atoms with Crippen LogP contribution in [0.25, 0.3) is 0 Å². The van der Waals surface area contributed by atoms with Gasteiger partial charge in [0.25, 0.3) is 0 Å². The Kier molecular flexibility index (Phi) is 3.96. The highest BCUT2D eigenvalue weighted by molar-refractivity contribution is 6.31. The number of halogens is 1. The van der Waals surface area contributed by atoms with Gasteiger partial charge in [-0.05, 0) is 18.1 Å². The van der Waals surface area contributed by atoms with Crippen molar-refractivity contribution >= 4 is 17.5 Å². The summed E-state index contributed by atoms with van der Waals surface area (Å²) in [6, 6.07) is 8.39. The molecule has 2 aliphatic heterocycles. The second kappa shape index (κ2) is 5.72. The molecule has 4 nitrogen and oxygen atoms in total. The minimum Gasteiger partial charge on any atom is -0.337 e. The largest absolute Gasteiger partial charge is 0.337 e. The number of nitrogens with zero attached hydrogens (tertiary/aromatic N) is 2. The van der Waals surface area contributed by atoms with Gasteiger partial charge in [-0.2, -0.15) is 0 Å². The second-order valence-corrected chi connectivity index (χ2v) is 5.95. The molecule has 3 rings (SSSR count). The minimum atomic E-state index is 0.140. The van der Waals surface area contributed by atoms with Gasteiger partial charge in [-0.15, -0.1) is 0 Å². The number of rotatable bonds is 3. The third kappa shape index (κ3) is 2.43. The summed E-state index contributed by atoms with van der Waals surface area (Å²) in [6.07, 6.45) is 1.66. The van der Waals surface area contributed by atoms with Crippen molar-refractivity contribution in [1.82, 2.24) is 9.80 Å². The summed E-state index contributed by atoms with van der Waals surface area (Å²) in [5, 5.41) is 0.771. The molecule has 5 heteroatoms. The fraction of sp³-hybridized carbons (Fsp3) is 0.533. The Labute approximate surface area is 124 Å².